The summed E-state index contributed by atoms with van der Waals surface area (Å²) in [6.45, 7) is 0.852. The van der Waals surface area contributed by atoms with E-state index >= 15 is 0 Å². The Bertz CT molecular complexity index is 769. The fourth-order valence-corrected chi connectivity index (χ4v) is 4.44. The fourth-order valence-electron chi connectivity index (χ4n) is 2.64. The Labute approximate surface area is 150 Å². The molecule has 0 aliphatic carbocycles. The van der Waals surface area contributed by atoms with Crippen molar-refractivity contribution >= 4 is 26.0 Å². The van der Waals surface area contributed by atoms with Gasteiger partial charge in [-0.2, -0.15) is 4.31 Å². The van der Waals surface area contributed by atoms with Gasteiger partial charge in [0, 0.05) is 18.9 Å². The number of piperidine rings is 1. The van der Waals surface area contributed by atoms with Crippen LogP contribution in [0.3, 0.4) is 0 Å². The number of rotatable bonds is 5. The molecule has 0 spiro atoms. The highest BCUT2D eigenvalue weighted by Gasteiger charge is 2.30. The molecule has 2 aromatic rings. The van der Waals surface area contributed by atoms with E-state index in [1.54, 1.807) is 12.4 Å². The molecule has 8 heteroatoms. The predicted octanol–water partition coefficient (Wildman–Crippen LogP) is 2.61. The summed E-state index contributed by atoms with van der Waals surface area (Å²) in [5.74, 6) is 0.00927. The molecule has 1 aromatic carbocycles. The first kappa shape index (κ1) is 17.3. The summed E-state index contributed by atoms with van der Waals surface area (Å²) in [5.41, 5.74) is 0.789. The molecule has 0 N–H and O–H groups in total. The lowest BCUT2D eigenvalue weighted by atomic mass is 10.1. The normalized spacial score (nSPS) is 19.1. The topological polar surface area (TPSA) is 72.4 Å². The van der Waals surface area contributed by atoms with Gasteiger partial charge in [0.1, 0.15) is 6.10 Å². The fraction of sp³-hybridized carbons (Fsp3) is 0.375. The van der Waals surface area contributed by atoms with Gasteiger partial charge < -0.3 is 4.74 Å². The van der Waals surface area contributed by atoms with E-state index in [1.165, 1.54) is 4.31 Å². The molecule has 2 heterocycles. The van der Waals surface area contributed by atoms with Gasteiger partial charge in [-0.3, -0.25) is 0 Å². The molecule has 0 bridgehead atoms. The first-order valence-corrected chi connectivity index (χ1v) is 10.1. The predicted molar refractivity (Wildman–Crippen MR) is 94.0 cm³/mol. The van der Waals surface area contributed by atoms with Crippen LogP contribution >= 0.6 is 15.9 Å². The Kier molecular flexibility index (Phi) is 5.47. The zero-order valence-corrected chi connectivity index (χ0v) is 15.4. The molecule has 1 aliphatic heterocycles. The van der Waals surface area contributed by atoms with Gasteiger partial charge in [-0.25, -0.2) is 18.4 Å². The van der Waals surface area contributed by atoms with Crippen molar-refractivity contribution in [1.29, 1.82) is 0 Å². The van der Waals surface area contributed by atoms with Crippen LogP contribution in [0.5, 0.6) is 6.01 Å². The van der Waals surface area contributed by atoms with Gasteiger partial charge in [-0.15, -0.1) is 0 Å². The maximum Gasteiger partial charge on any atom is 0.316 e. The van der Waals surface area contributed by atoms with Crippen molar-refractivity contribution in [2.45, 2.75) is 24.7 Å². The van der Waals surface area contributed by atoms with E-state index in [2.05, 4.69) is 25.9 Å². The van der Waals surface area contributed by atoms with E-state index < -0.39 is 10.0 Å². The monoisotopic (exact) mass is 411 g/mol. The molecule has 1 atom stereocenters. The number of benzene rings is 1. The van der Waals surface area contributed by atoms with Gasteiger partial charge in [0.25, 0.3) is 0 Å². The molecule has 0 amide bonds. The molecule has 0 saturated carbocycles. The van der Waals surface area contributed by atoms with Crippen LogP contribution in [-0.4, -0.2) is 41.9 Å². The van der Waals surface area contributed by atoms with Crippen molar-refractivity contribution in [3.8, 4) is 6.01 Å². The minimum absolute atomic E-state index is 0.00927. The number of ether oxygens (including phenoxy) is 1. The quantitative estimate of drug-likeness (QED) is 0.755. The van der Waals surface area contributed by atoms with E-state index in [-0.39, 0.29) is 17.9 Å². The highest BCUT2D eigenvalue weighted by molar-refractivity contribution is 9.10. The summed E-state index contributed by atoms with van der Waals surface area (Å²) < 4.78 is 33.3. The second-order valence-electron chi connectivity index (χ2n) is 5.67. The Morgan fingerprint density at radius 3 is 2.62 bits per heavy atom. The maximum absolute atomic E-state index is 12.6. The molecule has 1 saturated heterocycles. The van der Waals surface area contributed by atoms with Gasteiger partial charge in [0.15, 0.2) is 0 Å². The van der Waals surface area contributed by atoms with Crippen LogP contribution in [0.2, 0.25) is 0 Å². The average molecular weight is 412 g/mol. The SMILES string of the molecule is O=S(=O)(Cc1ccccc1)N1CCCC(Oc2ncc(Br)cn2)C1. The minimum atomic E-state index is -3.36. The molecule has 128 valence electrons. The van der Waals surface area contributed by atoms with Crippen molar-refractivity contribution in [1.82, 2.24) is 14.3 Å². The molecular formula is C16H18BrN3O3S. The van der Waals surface area contributed by atoms with E-state index in [4.69, 9.17) is 4.74 Å². The molecule has 0 radical (unpaired) electrons. The smallest absolute Gasteiger partial charge is 0.316 e. The van der Waals surface area contributed by atoms with Crippen LogP contribution in [0.4, 0.5) is 0 Å². The number of aromatic nitrogens is 2. The van der Waals surface area contributed by atoms with E-state index in [1.807, 2.05) is 30.3 Å². The van der Waals surface area contributed by atoms with Gasteiger partial charge in [0.05, 0.1) is 16.8 Å². The Morgan fingerprint density at radius 1 is 1.21 bits per heavy atom. The third kappa shape index (κ3) is 4.52. The molecule has 24 heavy (non-hydrogen) atoms. The maximum atomic E-state index is 12.6. The second-order valence-corrected chi connectivity index (χ2v) is 8.55. The highest BCUT2D eigenvalue weighted by Crippen LogP contribution is 2.20. The number of sulfonamides is 1. The Hall–Kier alpha value is -1.51. The molecule has 1 fully saturated rings. The van der Waals surface area contributed by atoms with Crippen molar-refractivity contribution in [3.05, 3.63) is 52.8 Å². The van der Waals surface area contributed by atoms with Crippen LogP contribution < -0.4 is 4.74 Å². The van der Waals surface area contributed by atoms with E-state index in [9.17, 15) is 8.42 Å². The lowest BCUT2D eigenvalue weighted by Crippen LogP contribution is -2.44. The largest absolute Gasteiger partial charge is 0.459 e. The zero-order chi connectivity index (χ0) is 17.0. The lowest BCUT2D eigenvalue weighted by Gasteiger charge is -2.31. The minimum Gasteiger partial charge on any atom is -0.459 e. The molecule has 6 nitrogen and oxygen atoms in total. The number of hydrogen-bond donors (Lipinski definition) is 0. The summed E-state index contributed by atoms with van der Waals surface area (Å²) in [4.78, 5) is 8.16. The van der Waals surface area contributed by atoms with Gasteiger partial charge >= 0.3 is 6.01 Å². The second kappa shape index (κ2) is 7.58. The number of hydrogen-bond acceptors (Lipinski definition) is 5. The van der Waals surface area contributed by atoms with Crippen molar-refractivity contribution < 1.29 is 13.2 Å². The molecule has 1 unspecified atom stereocenters. The van der Waals surface area contributed by atoms with Gasteiger partial charge in [-0.1, -0.05) is 30.3 Å². The van der Waals surface area contributed by atoms with Crippen molar-refractivity contribution in [2.75, 3.05) is 13.1 Å². The summed E-state index contributed by atoms with van der Waals surface area (Å²) in [5, 5.41) is 0. The Morgan fingerprint density at radius 2 is 1.92 bits per heavy atom. The first-order chi connectivity index (χ1) is 11.5. The van der Waals surface area contributed by atoms with Crippen LogP contribution in [0.15, 0.2) is 47.2 Å². The van der Waals surface area contributed by atoms with Crippen LogP contribution in [0, 0.1) is 0 Å². The van der Waals surface area contributed by atoms with Crippen molar-refractivity contribution in [3.63, 3.8) is 0 Å². The summed E-state index contributed by atoms with van der Waals surface area (Å²) in [6, 6.07) is 9.48. The van der Waals surface area contributed by atoms with Crippen LogP contribution in [-0.2, 0) is 15.8 Å². The molecular weight excluding hydrogens is 394 g/mol. The van der Waals surface area contributed by atoms with E-state index in [0.717, 1.165) is 22.9 Å². The average Bonchev–Trinajstić information content (AvgIpc) is 2.58. The van der Waals surface area contributed by atoms with Crippen molar-refractivity contribution in [2.24, 2.45) is 0 Å². The third-order valence-electron chi connectivity index (χ3n) is 3.79. The first-order valence-electron chi connectivity index (χ1n) is 7.69. The van der Waals surface area contributed by atoms with Crippen LogP contribution in [0.25, 0.3) is 0 Å². The number of halogens is 1. The Balaban J connectivity index is 1.65. The molecule has 1 aromatic heterocycles. The summed E-state index contributed by atoms with van der Waals surface area (Å²) >= 11 is 3.27. The molecule has 1 aliphatic rings. The van der Waals surface area contributed by atoms with Gasteiger partial charge in [-0.05, 0) is 34.3 Å². The highest BCUT2D eigenvalue weighted by atomic mass is 79.9. The molecule has 3 rings (SSSR count). The van der Waals surface area contributed by atoms with E-state index in [0.29, 0.717) is 13.1 Å². The standard InChI is InChI=1S/C16H18BrN3O3S/c17-14-9-18-16(19-10-14)23-15-7-4-8-20(11-15)24(21,22)12-13-5-2-1-3-6-13/h1-3,5-6,9-10,15H,4,7-8,11-12H2. The lowest BCUT2D eigenvalue weighted by molar-refractivity contribution is 0.119. The summed E-state index contributed by atoms with van der Waals surface area (Å²) in [7, 11) is -3.36. The number of nitrogens with zero attached hydrogens (tertiary/aromatic N) is 3. The third-order valence-corrected chi connectivity index (χ3v) is 6.02. The summed E-state index contributed by atoms with van der Waals surface area (Å²) in [6.07, 6.45) is 4.53. The zero-order valence-electron chi connectivity index (χ0n) is 13.0. The van der Waals surface area contributed by atoms with Gasteiger partial charge in [0.2, 0.25) is 10.0 Å². The van der Waals surface area contributed by atoms with Crippen LogP contribution in [0.1, 0.15) is 18.4 Å².